The Morgan fingerprint density at radius 2 is 1.67 bits per heavy atom. The number of nitrogens with zero attached hydrogens (tertiary/aromatic N) is 3. The third-order valence-electron chi connectivity index (χ3n) is 9.25. The van der Waals surface area contributed by atoms with Crippen molar-refractivity contribution in [3.05, 3.63) is 93.0 Å². The lowest BCUT2D eigenvalue weighted by Gasteiger charge is -2.31. The third-order valence-corrected chi connectivity index (χ3v) is 10.1. The highest BCUT2D eigenvalue weighted by molar-refractivity contribution is 6.40. The molecular weight excluding hydrogens is 702 g/mol. The molecule has 0 aliphatic carbocycles. The Kier molecular flexibility index (Phi) is 11.2. The molecule has 2 atom stereocenters. The maximum Gasteiger partial charge on any atom is 0.307 e. The summed E-state index contributed by atoms with van der Waals surface area (Å²) in [5, 5.41) is 31.9. The molecule has 3 aromatic carbocycles. The Morgan fingerprint density at radius 3 is 2.29 bits per heavy atom. The second-order valence-electron chi connectivity index (χ2n) is 12.4. The van der Waals surface area contributed by atoms with Crippen LogP contribution in [0, 0.1) is 11.7 Å². The number of aryl methyl sites for hydroxylation is 1. The lowest BCUT2D eigenvalue weighted by atomic mass is 10.0. The maximum atomic E-state index is 15.0. The van der Waals surface area contributed by atoms with Gasteiger partial charge in [-0.2, -0.15) is 5.10 Å². The molecule has 1 unspecified atom stereocenters. The van der Waals surface area contributed by atoms with Gasteiger partial charge in [0.05, 0.1) is 52.8 Å². The van der Waals surface area contributed by atoms with Crippen LogP contribution in [0.4, 0.5) is 15.8 Å². The molecule has 0 radical (unpaired) electrons. The van der Waals surface area contributed by atoms with Gasteiger partial charge in [0, 0.05) is 48.4 Å². The van der Waals surface area contributed by atoms with E-state index in [9.17, 15) is 23.9 Å². The van der Waals surface area contributed by atoms with E-state index in [1.165, 1.54) is 13.2 Å². The summed E-state index contributed by atoms with van der Waals surface area (Å²) >= 11 is 13.6. The summed E-state index contributed by atoms with van der Waals surface area (Å²) in [5.74, 6) is -2.74. The van der Waals surface area contributed by atoms with E-state index in [1.54, 1.807) is 42.5 Å². The fraction of sp³-hybridized carbons (Fsp3) is 0.333. The molecule has 5 N–H and O–H groups in total. The summed E-state index contributed by atoms with van der Waals surface area (Å²) in [5.41, 5.74) is 2.89. The van der Waals surface area contributed by atoms with Crippen LogP contribution in [0.15, 0.2) is 54.6 Å². The van der Waals surface area contributed by atoms with Crippen molar-refractivity contribution in [3.63, 3.8) is 0 Å². The number of anilines is 2. The van der Waals surface area contributed by atoms with Crippen LogP contribution in [0.2, 0.25) is 10.0 Å². The van der Waals surface area contributed by atoms with Crippen LogP contribution in [0.25, 0.3) is 11.1 Å². The molecule has 12 nitrogen and oxygen atoms in total. The molecule has 268 valence electrons. The summed E-state index contributed by atoms with van der Waals surface area (Å²) in [4.78, 5) is 40.4. The number of benzene rings is 3. The number of aromatic nitrogens is 2. The Morgan fingerprint density at radius 1 is 0.980 bits per heavy atom. The largest absolute Gasteiger partial charge is 0.496 e. The number of amides is 2. The smallest absolute Gasteiger partial charge is 0.307 e. The van der Waals surface area contributed by atoms with Gasteiger partial charge in [-0.05, 0) is 56.1 Å². The third kappa shape index (κ3) is 7.72. The van der Waals surface area contributed by atoms with E-state index >= 15 is 0 Å². The molecular formula is C36H37Cl2FN6O6. The first-order valence-electron chi connectivity index (χ1n) is 16.5. The number of hydrogen-bond donors (Lipinski definition) is 5. The van der Waals surface area contributed by atoms with E-state index in [4.69, 9.17) is 33.0 Å². The SMILES string of the molecule is COc1cc(C(=O)Nc2cccc(-c3cccc(NC(=O)c4cc5n(n4)CCCC5N4CC[C@@H](C(=O)O)C4)c3Cl)c2Cl)cc(F)c1CNCCO. The first-order valence-corrected chi connectivity index (χ1v) is 17.3. The van der Waals surface area contributed by atoms with Gasteiger partial charge < -0.3 is 30.9 Å². The van der Waals surface area contributed by atoms with E-state index in [0.717, 1.165) is 24.6 Å². The van der Waals surface area contributed by atoms with Crippen LogP contribution in [-0.4, -0.2) is 76.0 Å². The number of carboxylic acids is 1. The molecule has 51 heavy (non-hydrogen) atoms. The number of aliphatic hydroxyl groups is 1. The number of halogens is 3. The van der Waals surface area contributed by atoms with Crippen molar-refractivity contribution < 1.29 is 33.7 Å². The molecule has 3 heterocycles. The first-order chi connectivity index (χ1) is 24.6. The van der Waals surface area contributed by atoms with Crippen molar-refractivity contribution in [2.75, 3.05) is 44.0 Å². The van der Waals surface area contributed by atoms with Crippen LogP contribution < -0.4 is 20.7 Å². The summed E-state index contributed by atoms with van der Waals surface area (Å²) in [7, 11) is 1.37. The maximum absolute atomic E-state index is 15.0. The average molecular weight is 740 g/mol. The van der Waals surface area contributed by atoms with Crippen LogP contribution in [0.1, 0.15) is 57.4 Å². The van der Waals surface area contributed by atoms with Gasteiger partial charge in [-0.1, -0.05) is 47.5 Å². The van der Waals surface area contributed by atoms with Crippen LogP contribution in [0.3, 0.4) is 0 Å². The number of hydrogen-bond acceptors (Lipinski definition) is 8. The van der Waals surface area contributed by atoms with Crippen molar-refractivity contribution in [1.29, 1.82) is 0 Å². The molecule has 2 amide bonds. The lowest BCUT2D eigenvalue weighted by molar-refractivity contribution is -0.141. The van der Waals surface area contributed by atoms with Crippen LogP contribution in [0.5, 0.6) is 5.75 Å². The Bertz CT molecular complexity index is 1970. The zero-order chi connectivity index (χ0) is 36.2. The minimum atomic E-state index is -0.790. The molecule has 1 aromatic heterocycles. The number of likely N-dealkylation sites (tertiary alicyclic amines) is 1. The molecule has 0 saturated carbocycles. The summed E-state index contributed by atoms with van der Waals surface area (Å²) < 4.78 is 22.1. The predicted molar refractivity (Wildman–Crippen MR) is 191 cm³/mol. The Labute approximate surface area is 303 Å². The standard InChI is InChI=1S/C36H37Cl2FN6O6/c1-51-31-16-21(15-25(39)24(31)18-40-11-14-46)34(47)41-26-7-2-5-22(32(26)37)23-6-3-8-27(33(23)38)42-35(48)28-17-30-29(9-4-12-45(30)43-28)44-13-10-20(19-44)36(49)50/h2-3,5-8,15-17,20,29,40,46H,4,9-14,18-19H2,1H3,(H,41,47)(H,42,48)(H,49,50)/t20-,29?/m1/s1. The van der Waals surface area contributed by atoms with Gasteiger partial charge in [-0.15, -0.1) is 0 Å². The number of rotatable bonds is 12. The molecule has 6 rings (SSSR count). The van der Waals surface area contributed by atoms with Crippen molar-refractivity contribution in [1.82, 2.24) is 20.0 Å². The monoisotopic (exact) mass is 738 g/mol. The Balaban J connectivity index is 1.19. The van der Waals surface area contributed by atoms with Crippen molar-refractivity contribution in [2.24, 2.45) is 5.92 Å². The molecule has 0 spiro atoms. The van der Waals surface area contributed by atoms with Crippen molar-refractivity contribution in [3.8, 4) is 16.9 Å². The van der Waals surface area contributed by atoms with Crippen molar-refractivity contribution in [2.45, 2.75) is 38.4 Å². The molecule has 2 aliphatic rings. The zero-order valence-electron chi connectivity index (χ0n) is 27.7. The van der Waals surface area contributed by atoms with E-state index < -0.39 is 29.5 Å². The zero-order valence-corrected chi connectivity index (χ0v) is 29.2. The fourth-order valence-electron chi connectivity index (χ4n) is 6.66. The number of ether oxygens (including phenoxy) is 1. The number of methoxy groups -OCH3 is 1. The quantitative estimate of drug-likeness (QED) is 0.113. The Hall–Kier alpha value is -4.53. The molecule has 4 aromatic rings. The van der Waals surface area contributed by atoms with E-state index in [2.05, 4.69) is 25.9 Å². The highest BCUT2D eigenvalue weighted by atomic mass is 35.5. The number of carboxylic acid groups (broad SMARTS) is 1. The number of fused-ring (bicyclic) bond motifs is 1. The lowest BCUT2D eigenvalue weighted by Crippen LogP contribution is -2.32. The number of nitrogens with one attached hydrogen (secondary N) is 3. The topological polar surface area (TPSA) is 158 Å². The van der Waals surface area contributed by atoms with Gasteiger partial charge in [-0.25, -0.2) is 4.39 Å². The van der Waals surface area contributed by atoms with E-state index in [-0.39, 0.29) is 64.0 Å². The van der Waals surface area contributed by atoms with Gasteiger partial charge in [0.25, 0.3) is 11.8 Å². The normalized spacial score (nSPS) is 17.2. The average Bonchev–Trinajstić information content (AvgIpc) is 3.79. The highest BCUT2D eigenvalue weighted by Crippen LogP contribution is 2.41. The number of carbonyl (C=O) groups is 3. The van der Waals surface area contributed by atoms with E-state index in [0.29, 0.717) is 42.9 Å². The fourth-order valence-corrected chi connectivity index (χ4v) is 7.21. The second kappa shape index (κ2) is 15.8. The minimum Gasteiger partial charge on any atom is -0.496 e. The van der Waals surface area contributed by atoms with Crippen LogP contribution in [-0.2, 0) is 17.9 Å². The molecule has 2 aliphatic heterocycles. The van der Waals surface area contributed by atoms with Gasteiger partial charge >= 0.3 is 5.97 Å². The number of aliphatic hydroxyl groups excluding tert-OH is 1. The second-order valence-corrected chi connectivity index (χ2v) is 13.2. The highest BCUT2D eigenvalue weighted by Gasteiger charge is 2.36. The molecule has 15 heteroatoms. The molecule has 1 saturated heterocycles. The van der Waals surface area contributed by atoms with Gasteiger partial charge in [-0.3, -0.25) is 24.0 Å². The van der Waals surface area contributed by atoms with Gasteiger partial charge in [0.1, 0.15) is 11.6 Å². The van der Waals surface area contributed by atoms with Crippen LogP contribution >= 0.6 is 23.2 Å². The first kappa shape index (κ1) is 36.3. The summed E-state index contributed by atoms with van der Waals surface area (Å²) in [6.45, 7) is 2.06. The predicted octanol–water partition coefficient (Wildman–Crippen LogP) is 5.83. The van der Waals surface area contributed by atoms with Gasteiger partial charge in [0.2, 0.25) is 0 Å². The summed E-state index contributed by atoms with van der Waals surface area (Å²) in [6.07, 6.45) is 2.31. The van der Waals surface area contributed by atoms with Gasteiger partial charge in [0.15, 0.2) is 5.69 Å². The van der Waals surface area contributed by atoms with Crippen molar-refractivity contribution >= 4 is 52.4 Å². The summed E-state index contributed by atoms with van der Waals surface area (Å²) in [6, 6.07) is 14.4. The molecule has 0 bridgehead atoms. The molecule has 1 fully saturated rings. The minimum absolute atomic E-state index is 0.0108. The van der Waals surface area contributed by atoms with E-state index in [1.807, 2.05) is 4.68 Å². The number of aliphatic carboxylic acids is 1. The number of carbonyl (C=O) groups excluding carboxylic acids is 2.